The maximum atomic E-state index is 5.90. The van der Waals surface area contributed by atoms with Crippen LogP contribution in [0, 0.1) is 0 Å². The Bertz CT molecular complexity index is 454. The minimum Gasteiger partial charge on any atom is -0.371 e. The van der Waals surface area contributed by atoms with Crippen molar-refractivity contribution < 1.29 is 4.74 Å². The van der Waals surface area contributed by atoms with Crippen LogP contribution in [-0.2, 0) is 11.3 Å². The minimum absolute atomic E-state index is 0.399. The Hall–Kier alpha value is -0.650. The molecule has 5 heteroatoms. The topological polar surface area (TPSA) is 28.6 Å². The maximum absolute atomic E-state index is 5.90. The number of hydrogen-bond acceptors (Lipinski definition) is 4. The molecule has 2 aliphatic rings. The molecule has 0 aliphatic carbocycles. The minimum atomic E-state index is 0.399. The van der Waals surface area contributed by atoms with E-state index in [1.54, 1.807) is 0 Å². The number of aromatic nitrogens is 1. The van der Waals surface area contributed by atoms with Crippen LogP contribution in [0.2, 0.25) is 0 Å². The first-order valence-corrected chi connectivity index (χ1v) is 7.60. The third-order valence-corrected chi connectivity index (χ3v) is 4.17. The molecule has 3 rings (SSSR count). The molecule has 0 spiro atoms. The zero-order chi connectivity index (χ0) is 13.4. The molecule has 2 atom stereocenters. The Labute approximate surface area is 122 Å². The quantitative estimate of drug-likeness (QED) is 0.852. The second kappa shape index (κ2) is 5.38. The average molecular weight is 326 g/mol. The second-order valence-electron chi connectivity index (χ2n) is 5.74. The van der Waals surface area contributed by atoms with Crippen molar-refractivity contribution in [2.45, 2.75) is 31.6 Å². The number of pyridine rings is 1. The van der Waals surface area contributed by atoms with E-state index < -0.39 is 0 Å². The summed E-state index contributed by atoms with van der Waals surface area (Å²) >= 11 is 3.52. The van der Waals surface area contributed by atoms with Crippen LogP contribution < -0.4 is 4.90 Å². The molecule has 2 unspecified atom stereocenters. The summed E-state index contributed by atoms with van der Waals surface area (Å²) in [6.45, 7) is 2.87. The van der Waals surface area contributed by atoms with Gasteiger partial charge in [0.1, 0.15) is 5.82 Å². The standard InChI is InChI=1S/C14H20BrN3O/c1-17(2)7-10-5-11(15)6-16-14(10)18-8-12-3-4-13(9-18)19-12/h5-6,12-13H,3-4,7-9H2,1-2H3. The van der Waals surface area contributed by atoms with E-state index in [0.717, 1.165) is 29.9 Å². The summed E-state index contributed by atoms with van der Waals surface area (Å²) in [5.41, 5.74) is 1.28. The summed E-state index contributed by atoms with van der Waals surface area (Å²) in [7, 11) is 4.18. The van der Waals surface area contributed by atoms with Crippen molar-refractivity contribution in [3.8, 4) is 0 Å². The van der Waals surface area contributed by atoms with Gasteiger partial charge in [-0.1, -0.05) is 0 Å². The number of ether oxygens (including phenoxy) is 1. The van der Waals surface area contributed by atoms with E-state index in [0.29, 0.717) is 12.2 Å². The van der Waals surface area contributed by atoms with Gasteiger partial charge in [-0.3, -0.25) is 0 Å². The van der Waals surface area contributed by atoms with Gasteiger partial charge in [0.05, 0.1) is 12.2 Å². The summed E-state index contributed by atoms with van der Waals surface area (Å²) in [5, 5.41) is 0. The van der Waals surface area contributed by atoms with Gasteiger partial charge >= 0.3 is 0 Å². The number of halogens is 1. The van der Waals surface area contributed by atoms with Gasteiger partial charge in [0.15, 0.2) is 0 Å². The highest BCUT2D eigenvalue weighted by Gasteiger charge is 2.34. The predicted octanol–water partition coefficient (Wildman–Crippen LogP) is 2.27. The van der Waals surface area contributed by atoms with Crippen molar-refractivity contribution in [2.75, 3.05) is 32.1 Å². The van der Waals surface area contributed by atoms with Crippen LogP contribution >= 0.6 is 15.9 Å². The lowest BCUT2D eigenvalue weighted by atomic mass is 10.2. The Balaban J connectivity index is 1.86. The molecule has 1 aromatic rings. The van der Waals surface area contributed by atoms with Crippen LogP contribution in [0.15, 0.2) is 16.7 Å². The predicted molar refractivity (Wildman–Crippen MR) is 79.4 cm³/mol. The van der Waals surface area contributed by atoms with Gasteiger partial charge in [0.25, 0.3) is 0 Å². The maximum Gasteiger partial charge on any atom is 0.133 e. The lowest BCUT2D eigenvalue weighted by Gasteiger charge is -2.34. The first-order valence-electron chi connectivity index (χ1n) is 6.81. The van der Waals surface area contributed by atoms with Crippen molar-refractivity contribution in [1.82, 2.24) is 9.88 Å². The Morgan fingerprint density at radius 3 is 2.68 bits per heavy atom. The lowest BCUT2D eigenvalue weighted by molar-refractivity contribution is 0.0301. The van der Waals surface area contributed by atoms with Crippen LogP contribution in [0.5, 0.6) is 0 Å². The highest BCUT2D eigenvalue weighted by atomic mass is 79.9. The van der Waals surface area contributed by atoms with Gasteiger partial charge in [-0.15, -0.1) is 0 Å². The summed E-state index contributed by atoms with van der Waals surface area (Å²) < 4.78 is 6.95. The van der Waals surface area contributed by atoms with E-state index in [1.165, 1.54) is 18.4 Å². The lowest BCUT2D eigenvalue weighted by Crippen LogP contribution is -2.43. The Kier molecular flexibility index (Phi) is 3.78. The number of nitrogens with zero attached hydrogens (tertiary/aromatic N) is 3. The van der Waals surface area contributed by atoms with E-state index in [-0.39, 0.29) is 0 Å². The van der Waals surface area contributed by atoms with Crippen LogP contribution in [-0.4, -0.2) is 49.3 Å². The molecule has 0 amide bonds. The zero-order valence-electron chi connectivity index (χ0n) is 11.5. The van der Waals surface area contributed by atoms with Crippen molar-refractivity contribution in [3.05, 3.63) is 22.3 Å². The molecule has 0 aromatic carbocycles. The van der Waals surface area contributed by atoms with Crippen LogP contribution in [0.3, 0.4) is 0 Å². The number of fused-ring (bicyclic) bond motifs is 2. The molecule has 0 N–H and O–H groups in total. The number of rotatable bonds is 3. The molecule has 2 bridgehead atoms. The van der Waals surface area contributed by atoms with Crippen molar-refractivity contribution in [2.24, 2.45) is 0 Å². The van der Waals surface area contributed by atoms with E-state index in [9.17, 15) is 0 Å². The van der Waals surface area contributed by atoms with E-state index in [2.05, 4.69) is 50.9 Å². The molecule has 2 saturated heterocycles. The molecular weight excluding hydrogens is 306 g/mol. The first-order chi connectivity index (χ1) is 9.11. The van der Waals surface area contributed by atoms with Gasteiger partial charge in [-0.2, -0.15) is 0 Å². The molecule has 4 nitrogen and oxygen atoms in total. The normalized spacial score (nSPS) is 26.2. The average Bonchev–Trinajstić information content (AvgIpc) is 2.68. The van der Waals surface area contributed by atoms with E-state index in [4.69, 9.17) is 4.74 Å². The molecule has 1 aromatic heterocycles. The molecular formula is C14H20BrN3O. The number of hydrogen-bond donors (Lipinski definition) is 0. The van der Waals surface area contributed by atoms with Crippen molar-refractivity contribution >= 4 is 21.7 Å². The van der Waals surface area contributed by atoms with Gasteiger partial charge in [-0.05, 0) is 48.9 Å². The molecule has 2 fully saturated rings. The SMILES string of the molecule is CN(C)Cc1cc(Br)cnc1N1CC2CCC(C1)O2. The summed E-state index contributed by atoms with van der Waals surface area (Å²) in [5.74, 6) is 1.12. The van der Waals surface area contributed by atoms with Gasteiger partial charge < -0.3 is 14.5 Å². The molecule has 0 saturated carbocycles. The molecule has 0 radical (unpaired) electrons. The smallest absolute Gasteiger partial charge is 0.133 e. The molecule has 3 heterocycles. The first kappa shape index (κ1) is 13.3. The molecule has 2 aliphatic heterocycles. The summed E-state index contributed by atoms with van der Waals surface area (Å²) in [6, 6.07) is 2.18. The van der Waals surface area contributed by atoms with Crippen molar-refractivity contribution in [3.63, 3.8) is 0 Å². The summed E-state index contributed by atoms with van der Waals surface area (Å²) in [4.78, 5) is 9.23. The number of morpholine rings is 1. The van der Waals surface area contributed by atoms with E-state index >= 15 is 0 Å². The molecule has 104 valence electrons. The van der Waals surface area contributed by atoms with Gasteiger partial charge in [0, 0.05) is 35.9 Å². The van der Waals surface area contributed by atoms with Crippen molar-refractivity contribution in [1.29, 1.82) is 0 Å². The van der Waals surface area contributed by atoms with Crippen LogP contribution in [0.25, 0.3) is 0 Å². The largest absolute Gasteiger partial charge is 0.371 e. The van der Waals surface area contributed by atoms with Crippen LogP contribution in [0.4, 0.5) is 5.82 Å². The summed E-state index contributed by atoms with van der Waals surface area (Å²) in [6.07, 6.45) is 5.08. The highest BCUT2D eigenvalue weighted by molar-refractivity contribution is 9.10. The Morgan fingerprint density at radius 2 is 2.05 bits per heavy atom. The van der Waals surface area contributed by atoms with Gasteiger partial charge in [0.2, 0.25) is 0 Å². The second-order valence-corrected chi connectivity index (χ2v) is 6.65. The fourth-order valence-corrected chi connectivity index (χ4v) is 3.38. The molecule has 19 heavy (non-hydrogen) atoms. The number of anilines is 1. The monoisotopic (exact) mass is 325 g/mol. The fourth-order valence-electron chi connectivity index (χ4n) is 3.00. The third kappa shape index (κ3) is 2.93. The van der Waals surface area contributed by atoms with E-state index in [1.807, 2.05) is 6.20 Å². The highest BCUT2D eigenvalue weighted by Crippen LogP contribution is 2.31. The fraction of sp³-hybridized carbons (Fsp3) is 0.643. The third-order valence-electron chi connectivity index (χ3n) is 3.74. The zero-order valence-corrected chi connectivity index (χ0v) is 13.1. The van der Waals surface area contributed by atoms with Gasteiger partial charge in [-0.25, -0.2) is 4.98 Å². The van der Waals surface area contributed by atoms with Crippen LogP contribution in [0.1, 0.15) is 18.4 Å². The Morgan fingerprint density at radius 1 is 1.37 bits per heavy atom.